The van der Waals surface area contributed by atoms with Gasteiger partial charge in [0.1, 0.15) is 12.8 Å². The van der Waals surface area contributed by atoms with E-state index in [-0.39, 0.29) is 31.6 Å². The van der Waals surface area contributed by atoms with E-state index < -0.39 is 12.2 Å². The topological polar surface area (TPSA) is 84.0 Å². The first-order chi connectivity index (χ1) is 9.74. The highest BCUT2D eigenvalue weighted by molar-refractivity contribution is 5.78. The molecular formula is C12H18FN5O2. The maximum atomic E-state index is 13.6. The SMILES string of the molecule is O=C(COC1CCCC1)N1CC(F)CC1c1nn[nH]n1. The smallest absolute Gasteiger partial charge is 0.249 e. The lowest BCUT2D eigenvalue weighted by atomic mass is 10.2. The molecule has 0 aromatic carbocycles. The molecule has 110 valence electrons. The van der Waals surface area contributed by atoms with Gasteiger partial charge in [0.2, 0.25) is 5.91 Å². The van der Waals surface area contributed by atoms with Crippen molar-refractivity contribution < 1.29 is 13.9 Å². The van der Waals surface area contributed by atoms with Crippen LogP contribution in [-0.2, 0) is 9.53 Å². The Bertz CT molecular complexity index is 449. The number of amides is 1. The van der Waals surface area contributed by atoms with Crippen molar-refractivity contribution in [2.24, 2.45) is 0 Å². The Labute approximate surface area is 115 Å². The molecule has 0 bridgehead atoms. The van der Waals surface area contributed by atoms with Gasteiger partial charge in [-0.2, -0.15) is 5.21 Å². The maximum Gasteiger partial charge on any atom is 0.249 e. The van der Waals surface area contributed by atoms with Crippen LogP contribution in [0.2, 0.25) is 0 Å². The van der Waals surface area contributed by atoms with Gasteiger partial charge in [-0.25, -0.2) is 4.39 Å². The van der Waals surface area contributed by atoms with Gasteiger partial charge in [-0.3, -0.25) is 4.79 Å². The highest BCUT2D eigenvalue weighted by Crippen LogP contribution is 2.31. The van der Waals surface area contributed by atoms with Crippen LogP contribution in [0.3, 0.4) is 0 Å². The maximum absolute atomic E-state index is 13.6. The summed E-state index contributed by atoms with van der Waals surface area (Å²) in [6.45, 7) is 0.0812. The van der Waals surface area contributed by atoms with Crippen LogP contribution < -0.4 is 0 Å². The molecule has 1 aliphatic carbocycles. The van der Waals surface area contributed by atoms with E-state index in [1.54, 1.807) is 0 Å². The lowest BCUT2D eigenvalue weighted by Crippen LogP contribution is -2.35. The largest absolute Gasteiger partial charge is 0.368 e. The normalized spacial score (nSPS) is 27.4. The summed E-state index contributed by atoms with van der Waals surface area (Å²) >= 11 is 0. The number of ether oxygens (including phenoxy) is 1. The zero-order valence-electron chi connectivity index (χ0n) is 11.2. The van der Waals surface area contributed by atoms with E-state index in [1.807, 2.05) is 0 Å². The van der Waals surface area contributed by atoms with Gasteiger partial charge >= 0.3 is 0 Å². The van der Waals surface area contributed by atoms with Gasteiger partial charge < -0.3 is 9.64 Å². The molecule has 1 aliphatic heterocycles. The summed E-state index contributed by atoms with van der Waals surface area (Å²) in [5.41, 5.74) is 0. The molecule has 2 unspecified atom stereocenters. The van der Waals surface area contributed by atoms with Gasteiger partial charge in [-0.1, -0.05) is 18.1 Å². The number of hydrogen-bond donors (Lipinski definition) is 1. The van der Waals surface area contributed by atoms with E-state index in [0.29, 0.717) is 5.82 Å². The number of carbonyl (C=O) groups is 1. The van der Waals surface area contributed by atoms with Crippen molar-refractivity contribution in [1.82, 2.24) is 25.5 Å². The molecule has 2 heterocycles. The lowest BCUT2D eigenvalue weighted by Gasteiger charge is -2.22. The molecule has 7 nitrogen and oxygen atoms in total. The van der Waals surface area contributed by atoms with Crippen LogP contribution in [0, 0.1) is 0 Å². The third-order valence-electron chi connectivity index (χ3n) is 3.97. The predicted molar refractivity (Wildman–Crippen MR) is 66.4 cm³/mol. The number of H-pyrrole nitrogens is 1. The Hall–Kier alpha value is -1.57. The molecule has 1 amide bonds. The van der Waals surface area contributed by atoms with E-state index in [9.17, 15) is 9.18 Å². The number of alkyl halides is 1. The van der Waals surface area contributed by atoms with Crippen LogP contribution >= 0.6 is 0 Å². The summed E-state index contributed by atoms with van der Waals surface area (Å²) in [6, 6.07) is -0.441. The molecule has 0 radical (unpaired) electrons. The fourth-order valence-corrected chi connectivity index (χ4v) is 2.94. The summed E-state index contributed by atoms with van der Waals surface area (Å²) in [5, 5.41) is 13.5. The van der Waals surface area contributed by atoms with E-state index in [0.717, 1.165) is 25.7 Å². The molecule has 1 saturated carbocycles. The summed E-state index contributed by atoms with van der Waals surface area (Å²) in [4.78, 5) is 13.7. The third-order valence-corrected chi connectivity index (χ3v) is 3.97. The van der Waals surface area contributed by atoms with E-state index in [2.05, 4.69) is 20.6 Å². The second kappa shape index (κ2) is 5.82. The summed E-state index contributed by atoms with van der Waals surface area (Å²) in [6.07, 6.45) is 3.66. The number of nitrogens with zero attached hydrogens (tertiary/aromatic N) is 4. The standard InChI is InChI=1S/C12H18FN5O2/c13-8-5-10(12-14-16-17-15-12)18(6-8)11(19)7-20-9-3-1-2-4-9/h8-10H,1-7H2,(H,14,15,16,17). The summed E-state index contributed by atoms with van der Waals surface area (Å²) in [5.74, 6) is 0.159. The van der Waals surface area contributed by atoms with Crippen LogP contribution in [0.1, 0.15) is 44.0 Å². The van der Waals surface area contributed by atoms with Crippen molar-refractivity contribution in [2.45, 2.75) is 50.4 Å². The van der Waals surface area contributed by atoms with Gasteiger partial charge in [-0.05, 0) is 12.8 Å². The fraction of sp³-hybridized carbons (Fsp3) is 0.833. The number of hydrogen-bond acceptors (Lipinski definition) is 5. The molecule has 1 aromatic heterocycles. The Morgan fingerprint density at radius 1 is 1.45 bits per heavy atom. The Balaban J connectivity index is 1.60. The molecule has 20 heavy (non-hydrogen) atoms. The zero-order valence-corrected chi connectivity index (χ0v) is 11.2. The molecular weight excluding hydrogens is 265 g/mol. The minimum Gasteiger partial charge on any atom is -0.368 e. The minimum absolute atomic E-state index is 0.00569. The quantitative estimate of drug-likeness (QED) is 0.882. The van der Waals surface area contributed by atoms with Crippen LogP contribution in [-0.4, -0.2) is 56.9 Å². The number of aromatic nitrogens is 4. The van der Waals surface area contributed by atoms with Crippen LogP contribution in [0.5, 0.6) is 0 Å². The van der Waals surface area contributed by atoms with Gasteiger partial charge in [0, 0.05) is 6.42 Å². The van der Waals surface area contributed by atoms with Crippen molar-refractivity contribution in [3.8, 4) is 0 Å². The van der Waals surface area contributed by atoms with Crippen molar-refractivity contribution in [3.05, 3.63) is 5.82 Å². The fourth-order valence-electron chi connectivity index (χ4n) is 2.94. The summed E-state index contributed by atoms with van der Waals surface area (Å²) in [7, 11) is 0. The molecule has 0 spiro atoms. The van der Waals surface area contributed by atoms with Crippen molar-refractivity contribution in [3.63, 3.8) is 0 Å². The van der Waals surface area contributed by atoms with Crippen molar-refractivity contribution >= 4 is 5.91 Å². The molecule has 1 saturated heterocycles. The average molecular weight is 283 g/mol. The number of tetrazole rings is 1. The van der Waals surface area contributed by atoms with E-state index in [1.165, 1.54) is 4.90 Å². The number of nitrogens with one attached hydrogen (secondary N) is 1. The average Bonchev–Trinajstić information content (AvgIpc) is 3.16. The lowest BCUT2D eigenvalue weighted by molar-refractivity contribution is -0.139. The second-order valence-corrected chi connectivity index (χ2v) is 5.38. The number of likely N-dealkylation sites (tertiary alicyclic amines) is 1. The monoisotopic (exact) mass is 283 g/mol. The summed E-state index contributed by atoms with van der Waals surface area (Å²) < 4.78 is 19.2. The van der Waals surface area contributed by atoms with Gasteiger partial charge in [0.25, 0.3) is 0 Å². The van der Waals surface area contributed by atoms with Gasteiger partial charge in [0.05, 0.1) is 18.7 Å². The van der Waals surface area contributed by atoms with Crippen LogP contribution in [0.15, 0.2) is 0 Å². The highest BCUT2D eigenvalue weighted by atomic mass is 19.1. The van der Waals surface area contributed by atoms with Crippen LogP contribution in [0.25, 0.3) is 0 Å². The molecule has 2 fully saturated rings. The number of halogens is 1. The van der Waals surface area contributed by atoms with Crippen LogP contribution in [0.4, 0.5) is 4.39 Å². The Morgan fingerprint density at radius 2 is 2.25 bits per heavy atom. The zero-order chi connectivity index (χ0) is 13.9. The highest BCUT2D eigenvalue weighted by Gasteiger charge is 2.38. The van der Waals surface area contributed by atoms with Gasteiger partial charge in [0.15, 0.2) is 5.82 Å². The molecule has 1 N–H and O–H groups in total. The van der Waals surface area contributed by atoms with Crippen molar-refractivity contribution in [2.75, 3.05) is 13.2 Å². The molecule has 2 aliphatic rings. The Kier molecular flexibility index (Phi) is 3.90. The van der Waals surface area contributed by atoms with E-state index in [4.69, 9.17) is 4.74 Å². The van der Waals surface area contributed by atoms with E-state index >= 15 is 0 Å². The number of rotatable bonds is 4. The predicted octanol–water partition coefficient (Wildman–Crippen LogP) is 0.770. The Morgan fingerprint density at radius 3 is 2.95 bits per heavy atom. The molecule has 3 rings (SSSR count). The second-order valence-electron chi connectivity index (χ2n) is 5.38. The number of carbonyl (C=O) groups excluding carboxylic acids is 1. The molecule has 2 atom stereocenters. The van der Waals surface area contributed by atoms with Gasteiger partial charge in [-0.15, -0.1) is 10.2 Å². The molecule has 1 aromatic rings. The first-order valence-electron chi connectivity index (χ1n) is 7.02. The first-order valence-corrected chi connectivity index (χ1v) is 7.02. The third kappa shape index (κ3) is 2.79. The number of aromatic amines is 1. The first kappa shape index (κ1) is 13.4. The van der Waals surface area contributed by atoms with Crippen molar-refractivity contribution in [1.29, 1.82) is 0 Å². The minimum atomic E-state index is -1.05. The molecule has 8 heteroatoms.